The maximum atomic E-state index is 14.2. The van der Waals surface area contributed by atoms with Crippen LogP contribution in [0.1, 0.15) is 20.7 Å². The normalized spacial score (nSPS) is 11.0. The van der Waals surface area contributed by atoms with Gasteiger partial charge in [-0.25, -0.2) is 13.6 Å². The van der Waals surface area contributed by atoms with E-state index in [1.165, 1.54) is 18.2 Å². The molecule has 0 bridgehead atoms. The zero-order chi connectivity index (χ0) is 23.9. The minimum absolute atomic E-state index is 0.0102. The summed E-state index contributed by atoms with van der Waals surface area (Å²) in [5, 5.41) is 22.2. The molecule has 0 atom stereocenters. The summed E-state index contributed by atoms with van der Waals surface area (Å²) < 4.78 is 34.0. The van der Waals surface area contributed by atoms with Crippen molar-refractivity contribution in [3.05, 3.63) is 88.1 Å². The van der Waals surface area contributed by atoms with Crippen LogP contribution in [0.5, 0.6) is 5.75 Å². The first-order valence-electron chi connectivity index (χ1n) is 9.56. The monoisotopic (exact) mass is 451 g/mol. The van der Waals surface area contributed by atoms with Crippen LogP contribution < -0.4 is 10.7 Å². The van der Waals surface area contributed by atoms with Gasteiger partial charge in [0.2, 0.25) is 5.43 Å². The first-order chi connectivity index (χ1) is 15.7. The molecule has 7 nitrogen and oxygen atoms in total. The summed E-state index contributed by atoms with van der Waals surface area (Å²) in [6.45, 7) is 3.66. The average molecular weight is 451 g/mol. The molecule has 0 saturated carbocycles. The molecule has 4 rings (SSSR count). The Kier molecular flexibility index (Phi) is 5.39. The van der Waals surface area contributed by atoms with E-state index in [0.717, 1.165) is 30.3 Å². The number of halogens is 2. The van der Waals surface area contributed by atoms with Crippen molar-refractivity contribution in [2.24, 2.45) is 0 Å². The number of phenolic OH excluding ortho intramolecular Hbond substituents is 1. The predicted molar refractivity (Wildman–Crippen MR) is 116 cm³/mol. The summed E-state index contributed by atoms with van der Waals surface area (Å²) in [4.78, 5) is 36.2. The number of amides is 1. The van der Waals surface area contributed by atoms with Crippen molar-refractivity contribution in [1.29, 1.82) is 0 Å². The molecule has 0 unspecified atom stereocenters. The smallest absolute Gasteiger partial charge is 0.336 e. The molecular formula is C24H15F2NO6. The van der Waals surface area contributed by atoms with Crippen LogP contribution in [-0.4, -0.2) is 28.6 Å². The molecule has 0 aromatic heterocycles. The first kappa shape index (κ1) is 21.7. The zero-order valence-electron chi connectivity index (χ0n) is 16.8. The van der Waals surface area contributed by atoms with Crippen LogP contribution in [0.2, 0.25) is 0 Å². The lowest BCUT2D eigenvalue weighted by atomic mass is 9.89. The highest BCUT2D eigenvalue weighted by Gasteiger charge is 2.25. The third kappa shape index (κ3) is 3.80. The molecule has 0 spiro atoms. The highest BCUT2D eigenvalue weighted by Crippen LogP contribution is 2.43. The molecule has 1 aliphatic carbocycles. The van der Waals surface area contributed by atoms with Crippen LogP contribution in [0.25, 0.3) is 33.4 Å². The van der Waals surface area contributed by atoms with Gasteiger partial charge in [-0.3, -0.25) is 9.59 Å². The van der Waals surface area contributed by atoms with Crippen LogP contribution in [0.4, 0.5) is 8.78 Å². The quantitative estimate of drug-likeness (QED) is 0.310. The molecule has 1 heterocycles. The Morgan fingerprint density at radius 1 is 1.06 bits per heavy atom. The second-order valence-corrected chi connectivity index (χ2v) is 7.12. The molecule has 2 aliphatic rings. The van der Waals surface area contributed by atoms with E-state index in [4.69, 9.17) is 4.42 Å². The van der Waals surface area contributed by atoms with E-state index in [2.05, 4.69) is 11.9 Å². The average Bonchev–Trinajstić information content (AvgIpc) is 2.78. The Bertz CT molecular complexity index is 1490. The summed E-state index contributed by atoms with van der Waals surface area (Å²) in [5.41, 5.74) is -1.21. The fourth-order valence-corrected chi connectivity index (χ4v) is 3.54. The van der Waals surface area contributed by atoms with E-state index in [1.54, 1.807) is 0 Å². The predicted octanol–water partition coefficient (Wildman–Crippen LogP) is 4.16. The van der Waals surface area contributed by atoms with Gasteiger partial charge in [0.15, 0.2) is 17.4 Å². The van der Waals surface area contributed by atoms with Gasteiger partial charge < -0.3 is 19.9 Å². The number of benzene rings is 3. The molecule has 0 fully saturated rings. The lowest BCUT2D eigenvalue weighted by Crippen LogP contribution is -2.23. The van der Waals surface area contributed by atoms with Gasteiger partial charge in [0.1, 0.15) is 11.3 Å². The third-order valence-corrected chi connectivity index (χ3v) is 5.03. The number of carboxylic acids is 1. The standard InChI is InChI=1S/C24H15F2NO6/c1-2-5-27-23(30)11-3-4-12(13(6-11)24(31)32)22-14-7-16(25)18(28)9-20(14)33-21-10-19(29)17(26)8-15(21)22/h2-4,6-10,28H,1,5H2,(H,27,30)(H,31,32). The number of carboxylic acid groups (broad SMARTS) is 1. The van der Waals surface area contributed by atoms with Crippen LogP contribution in [0.3, 0.4) is 0 Å². The Morgan fingerprint density at radius 3 is 2.52 bits per heavy atom. The minimum atomic E-state index is -1.40. The van der Waals surface area contributed by atoms with E-state index in [0.29, 0.717) is 0 Å². The van der Waals surface area contributed by atoms with Gasteiger partial charge in [-0.1, -0.05) is 12.1 Å². The molecule has 2 aromatic carbocycles. The number of phenols is 1. The maximum absolute atomic E-state index is 14.2. The molecule has 9 heteroatoms. The number of aromatic hydroxyl groups is 1. The number of carbonyl (C=O) groups is 2. The van der Waals surface area contributed by atoms with Crippen molar-refractivity contribution in [2.45, 2.75) is 0 Å². The van der Waals surface area contributed by atoms with E-state index >= 15 is 0 Å². The van der Waals surface area contributed by atoms with Gasteiger partial charge in [-0.2, -0.15) is 0 Å². The summed E-state index contributed by atoms with van der Waals surface area (Å²) >= 11 is 0. The summed E-state index contributed by atoms with van der Waals surface area (Å²) in [7, 11) is 0. The fraction of sp³-hybridized carbons (Fsp3) is 0.0417. The van der Waals surface area contributed by atoms with Crippen LogP contribution in [-0.2, 0) is 0 Å². The van der Waals surface area contributed by atoms with Gasteiger partial charge in [0.05, 0.1) is 5.56 Å². The second kappa shape index (κ2) is 8.19. The van der Waals surface area contributed by atoms with Crippen molar-refractivity contribution in [3.63, 3.8) is 0 Å². The lowest BCUT2D eigenvalue weighted by Gasteiger charge is -2.17. The lowest BCUT2D eigenvalue weighted by molar-refractivity contribution is 0.0697. The van der Waals surface area contributed by atoms with Gasteiger partial charge in [0, 0.05) is 40.8 Å². The molecule has 2 aromatic rings. The molecule has 33 heavy (non-hydrogen) atoms. The summed E-state index contributed by atoms with van der Waals surface area (Å²) in [5.74, 6) is -4.90. The van der Waals surface area contributed by atoms with Crippen LogP contribution in [0.15, 0.2) is 64.3 Å². The van der Waals surface area contributed by atoms with Gasteiger partial charge in [-0.05, 0) is 29.8 Å². The van der Waals surface area contributed by atoms with Crippen molar-refractivity contribution < 1.29 is 33.0 Å². The molecule has 3 N–H and O–H groups in total. The fourth-order valence-electron chi connectivity index (χ4n) is 3.54. The molecule has 0 radical (unpaired) electrons. The second-order valence-electron chi connectivity index (χ2n) is 7.12. The van der Waals surface area contributed by atoms with E-state index in [9.17, 15) is 33.4 Å². The number of aromatic carboxylic acids is 1. The topological polar surface area (TPSA) is 117 Å². The third-order valence-electron chi connectivity index (χ3n) is 5.03. The Hall–Kier alpha value is -4.53. The van der Waals surface area contributed by atoms with E-state index in [1.807, 2.05) is 0 Å². The van der Waals surface area contributed by atoms with Crippen molar-refractivity contribution in [1.82, 2.24) is 5.32 Å². The molecular weight excluding hydrogens is 436 g/mol. The molecule has 1 amide bonds. The highest BCUT2D eigenvalue weighted by atomic mass is 19.1. The van der Waals surface area contributed by atoms with E-state index in [-0.39, 0.29) is 51.1 Å². The van der Waals surface area contributed by atoms with Crippen molar-refractivity contribution >= 4 is 22.8 Å². The Labute approximate surface area is 184 Å². The van der Waals surface area contributed by atoms with Crippen molar-refractivity contribution in [2.75, 3.05) is 6.54 Å². The van der Waals surface area contributed by atoms with Crippen LogP contribution >= 0.6 is 0 Å². The number of fused-ring (bicyclic) bond motifs is 2. The van der Waals surface area contributed by atoms with Gasteiger partial charge in [0.25, 0.3) is 5.91 Å². The molecule has 0 saturated heterocycles. The Balaban J connectivity index is 2.09. The van der Waals surface area contributed by atoms with Gasteiger partial charge >= 0.3 is 5.97 Å². The largest absolute Gasteiger partial charge is 0.505 e. The summed E-state index contributed by atoms with van der Waals surface area (Å²) in [6, 6.07) is 7.46. The molecule has 1 aliphatic heterocycles. The Morgan fingerprint density at radius 2 is 1.82 bits per heavy atom. The number of hydrogen-bond donors (Lipinski definition) is 3. The number of hydrogen-bond acceptors (Lipinski definition) is 5. The zero-order valence-corrected chi connectivity index (χ0v) is 16.8. The van der Waals surface area contributed by atoms with Gasteiger partial charge in [-0.15, -0.1) is 6.58 Å². The highest BCUT2D eigenvalue weighted by molar-refractivity contribution is 6.09. The summed E-state index contributed by atoms with van der Waals surface area (Å²) in [6.07, 6.45) is 1.46. The number of rotatable bonds is 5. The molecule has 166 valence electrons. The SMILES string of the molecule is C=CCNC(=O)c1ccc(-c2c3cc(F)c(=O)cc-3oc3cc(O)c(F)cc23)c(C(=O)O)c1. The van der Waals surface area contributed by atoms with Crippen LogP contribution in [0, 0.1) is 11.6 Å². The van der Waals surface area contributed by atoms with E-state index < -0.39 is 34.7 Å². The number of nitrogens with one attached hydrogen (secondary N) is 1. The number of carbonyl (C=O) groups excluding carboxylic acids is 1. The minimum Gasteiger partial charge on any atom is -0.505 e. The van der Waals surface area contributed by atoms with Crippen molar-refractivity contribution in [3.8, 4) is 28.2 Å². The maximum Gasteiger partial charge on any atom is 0.336 e. The first-order valence-corrected chi connectivity index (χ1v) is 9.56.